The highest BCUT2D eigenvalue weighted by Gasteiger charge is 2.25. The SMILES string of the molecule is O=C1C=C(N2CCOCC2)c2cc(=O)cccc21. The van der Waals surface area contributed by atoms with E-state index < -0.39 is 0 Å². The van der Waals surface area contributed by atoms with E-state index in [1.165, 1.54) is 6.07 Å². The van der Waals surface area contributed by atoms with E-state index >= 15 is 0 Å². The lowest BCUT2D eigenvalue weighted by atomic mass is 10.1. The Morgan fingerprint density at radius 1 is 1.06 bits per heavy atom. The van der Waals surface area contributed by atoms with Gasteiger partial charge in [0.1, 0.15) is 0 Å². The normalized spacial score (nSPS) is 18.6. The summed E-state index contributed by atoms with van der Waals surface area (Å²) in [6.45, 7) is 2.82. The Bertz CT molecular complexity index is 586. The minimum atomic E-state index is -0.0786. The third-order valence-electron chi connectivity index (χ3n) is 3.26. The third kappa shape index (κ3) is 1.84. The zero-order valence-corrected chi connectivity index (χ0v) is 9.89. The standard InChI is InChI=1S/C14H13NO3/c16-10-2-1-3-11-12(8-10)13(9-14(11)17)15-4-6-18-7-5-15/h1-3,8-9H,4-7H2. The van der Waals surface area contributed by atoms with Crippen LogP contribution < -0.4 is 5.43 Å². The zero-order chi connectivity index (χ0) is 12.5. The maximum absolute atomic E-state index is 11.9. The van der Waals surface area contributed by atoms with Gasteiger partial charge in [-0.05, 0) is 12.1 Å². The highest BCUT2D eigenvalue weighted by atomic mass is 16.5. The minimum Gasteiger partial charge on any atom is -0.378 e. The van der Waals surface area contributed by atoms with Gasteiger partial charge < -0.3 is 9.64 Å². The summed E-state index contributed by atoms with van der Waals surface area (Å²) in [5, 5.41) is 0. The first-order valence-electron chi connectivity index (χ1n) is 5.99. The van der Waals surface area contributed by atoms with E-state index in [1.54, 1.807) is 24.3 Å². The van der Waals surface area contributed by atoms with Crippen molar-refractivity contribution in [3.8, 4) is 0 Å². The van der Waals surface area contributed by atoms with Crippen LogP contribution in [0.15, 0.2) is 35.1 Å². The van der Waals surface area contributed by atoms with E-state index in [2.05, 4.69) is 4.90 Å². The fourth-order valence-electron chi connectivity index (χ4n) is 2.37. The molecule has 1 aromatic carbocycles. The molecule has 18 heavy (non-hydrogen) atoms. The highest BCUT2D eigenvalue weighted by Crippen LogP contribution is 2.29. The maximum atomic E-state index is 11.9. The first-order valence-corrected chi connectivity index (χ1v) is 5.99. The monoisotopic (exact) mass is 243 g/mol. The summed E-state index contributed by atoms with van der Waals surface area (Å²) in [6.07, 6.45) is 1.62. The Kier molecular flexibility index (Phi) is 2.72. The van der Waals surface area contributed by atoms with Crippen LogP contribution in [0.3, 0.4) is 0 Å². The number of hydrogen-bond donors (Lipinski definition) is 0. The van der Waals surface area contributed by atoms with E-state index in [-0.39, 0.29) is 11.2 Å². The number of rotatable bonds is 1. The molecule has 0 bridgehead atoms. The molecule has 0 radical (unpaired) electrons. The van der Waals surface area contributed by atoms with E-state index in [4.69, 9.17) is 4.74 Å². The molecule has 4 nitrogen and oxygen atoms in total. The van der Waals surface area contributed by atoms with E-state index in [1.807, 2.05) is 0 Å². The van der Waals surface area contributed by atoms with Crippen LogP contribution in [0.5, 0.6) is 0 Å². The molecule has 1 saturated heterocycles. The zero-order valence-electron chi connectivity index (χ0n) is 9.89. The van der Waals surface area contributed by atoms with Gasteiger partial charge in [-0.1, -0.05) is 12.1 Å². The molecule has 2 aliphatic rings. The van der Waals surface area contributed by atoms with Gasteiger partial charge in [0.25, 0.3) is 0 Å². The van der Waals surface area contributed by atoms with Gasteiger partial charge in [0.2, 0.25) is 0 Å². The van der Waals surface area contributed by atoms with Crippen LogP contribution in [0.2, 0.25) is 0 Å². The second-order valence-electron chi connectivity index (χ2n) is 4.39. The van der Waals surface area contributed by atoms with Gasteiger partial charge in [-0.2, -0.15) is 0 Å². The molecule has 0 saturated carbocycles. The number of nitrogens with zero attached hydrogens (tertiary/aromatic N) is 1. The summed E-state index contributed by atoms with van der Waals surface area (Å²) >= 11 is 0. The quantitative estimate of drug-likeness (QED) is 0.735. The Morgan fingerprint density at radius 3 is 2.61 bits per heavy atom. The van der Waals surface area contributed by atoms with Crippen LogP contribution in [0.25, 0.3) is 5.70 Å². The number of ether oxygens (including phenoxy) is 1. The molecule has 92 valence electrons. The summed E-state index contributed by atoms with van der Waals surface area (Å²) in [5.74, 6) is -0.0258. The van der Waals surface area contributed by atoms with Crippen molar-refractivity contribution in [1.29, 1.82) is 0 Å². The first kappa shape index (κ1) is 11.2. The van der Waals surface area contributed by atoms with Crippen LogP contribution in [-0.2, 0) is 4.74 Å². The molecule has 0 amide bonds. The van der Waals surface area contributed by atoms with Crippen LogP contribution >= 0.6 is 0 Å². The largest absolute Gasteiger partial charge is 0.378 e. The average Bonchev–Trinajstić information content (AvgIpc) is 2.58. The van der Waals surface area contributed by atoms with Crippen molar-refractivity contribution >= 4 is 11.5 Å². The third-order valence-corrected chi connectivity index (χ3v) is 3.26. The van der Waals surface area contributed by atoms with E-state index in [0.29, 0.717) is 18.8 Å². The van der Waals surface area contributed by atoms with Crippen molar-refractivity contribution in [2.75, 3.05) is 26.3 Å². The summed E-state index contributed by atoms with van der Waals surface area (Å²) in [6, 6.07) is 6.36. The van der Waals surface area contributed by atoms with Crippen molar-refractivity contribution in [2.45, 2.75) is 0 Å². The Hall–Kier alpha value is -1.94. The molecule has 1 aromatic rings. The van der Waals surface area contributed by atoms with Gasteiger partial charge in [-0.25, -0.2) is 0 Å². The molecule has 0 aromatic heterocycles. The minimum absolute atomic E-state index is 0.0258. The maximum Gasteiger partial charge on any atom is 0.188 e. The molecule has 1 fully saturated rings. The van der Waals surface area contributed by atoms with Gasteiger partial charge in [0, 0.05) is 36.0 Å². The summed E-state index contributed by atoms with van der Waals surface area (Å²) in [5.41, 5.74) is 2.13. The number of fused-ring (bicyclic) bond motifs is 1. The van der Waals surface area contributed by atoms with Gasteiger partial charge >= 0.3 is 0 Å². The predicted octanol–water partition coefficient (Wildman–Crippen LogP) is 0.916. The van der Waals surface area contributed by atoms with Gasteiger partial charge in [-0.3, -0.25) is 9.59 Å². The Morgan fingerprint density at radius 2 is 1.83 bits per heavy atom. The molecule has 3 rings (SSSR count). The fourth-order valence-corrected chi connectivity index (χ4v) is 2.37. The molecule has 0 unspecified atom stereocenters. The smallest absolute Gasteiger partial charge is 0.188 e. The molecule has 0 atom stereocenters. The second kappa shape index (κ2) is 4.38. The fraction of sp³-hybridized carbons (Fsp3) is 0.286. The molecule has 0 N–H and O–H groups in total. The highest BCUT2D eigenvalue weighted by molar-refractivity contribution is 6.16. The van der Waals surface area contributed by atoms with Gasteiger partial charge in [-0.15, -0.1) is 0 Å². The summed E-state index contributed by atoms with van der Waals surface area (Å²) in [7, 11) is 0. The Balaban J connectivity index is 2.08. The molecule has 4 heteroatoms. The number of carbonyl (C=O) groups is 1. The number of hydrogen-bond acceptors (Lipinski definition) is 4. The molecule has 1 heterocycles. The predicted molar refractivity (Wildman–Crippen MR) is 67.4 cm³/mol. The van der Waals surface area contributed by atoms with Crippen molar-refractivity contribution in [2.24, 2.45) is 0 Å². The topological polar surface area (TPSA) is 46.6 Å². The molecular formula is C14H13NO3. The Labute approximate surface area is 104 Å². The summed E-state index contributed by atoms with van der Waals surface area (Å²) in [4.78, 5) is 25.6. The van der Waals surface area contributed by atoms with Crippen LogP contribution in [0, 0.1) is 0 Å². The van der Waals surface area contributed by atoms with E-state index in [9.17, 15) is 9.59 Å². The van der Waals surface area contributed by atoms with Crippen molar-refractivity contribution in [1.82, 2.24) is 4.90 Å². The van der Waals surface area contributed by atoms with Gasteiger partial charge in [0.05, 0.1) is 13.2 Å². The van der Waals surface area contributed by atoms with E-state index in [0.717, 1.165) is 24.4 Å². The number of allylic oxidation sites excluding steroid dienone is 1. The van der Waals surface area contributed by atoms with Crippen molar-refractivity contribution in [3.05, 3.63) is 51.7 Å². The van der Waals surface area contributed by atoms with Crippen molar-refractivity contribution in [3.63, 3.8) is 0 Å². The summed E-state index contributed by atoms with van der Waals surface area (Å²) < 4.78 is 5.30. The lowest BCUT2D eigenvalue weighted by Crippen LogP contribution is -2.34. The molecule has 0 spiro atoms. The van der Waals surface area contributed by atoms with Gasteiger partial charge in [0.15, 0.2) is 11.2 Å². The first-order chi connectivity index (χ1) is 8.75. The molecule has 1 aliphatic carbocycles. The lowest BCUT2D eigenvalue weighted by Gasteiger charge is -2.29. The van der Waals surface area contributed by atoms with Crippen LogP contribution in [-0.4, -0.2) is 37.0 Å². The lowest BCUT2D eigenvalue weighted by molar-refractivity contribution is 0.0639. The molecular weight excluding hydrogens is 230 g/mol. The van der Waals surface area contributed by atoms with Crippen LogP contribution in [0.4, 0.5) is 0 Å². The average molecular weight is 243 g/mol. The number of ketones is 1. The number of carbonyl (C=O) groups excluding carboxylic acids is 1. The molecule has 1 aliphatic heterocycles. The number of morpholine rings is 1. The van der Waals surface area contributed by atoms with Crippen LogP contribution in [0.1, 0.15) is 15.9 Å². The van der Waals surface area contributed by atoms with Crippen molar-refractivity contribution < 1.29 is 9.53 Å². The second-order valence-corrected chi connectivity index (χ2v) is 4.39.